The van der Waals surface area contributed by atoms with E-state index in [4.69, 9.17) is 0 Å². The molecule has 0 saturated heterocycles. The SMILES string of the molecule is CCCN(CC(=O)N(C)C)c1ncccc1CNCC. The molecule has 1 rings (SSSR count). The maximum absolute atomic E-state index is 12.0. The summed E-state index contributed by atoms with van der Waals surface area (Å²) >= 11 is 0. The third kappa shape index (κ3) is 4.81. The van der Waals surface area contributed by atoms with Crippen molar-refractivity contribution in [3.63, 3.8) is 0 Å². The van der Waals surface area contributed by atoms with E-state index in [1.54, 1.807) is 25.2 Å². The Labute approximate surface area is 122 Å². The monoisotopic (exact) mass is 278 g/mol. The molecule has 0 aliphatic rings. The van der Waals surface area contributed by atoms with Gasteiger partial charge >= 0.3 is 0 Å². The first kappa shape index (κ1) is 16.4. The van der Waals surface area contributed by atoms with Crippen molar-refractivity contribution in [3.05, 3.63) is 23.9 Å². The zero-order valence-corrected chi connectivity index (χ0v) is 13.0. The minimum atomic E-state index is 0.0958. The summed E-state index contributed by atoms with van der Waals surface area (Å²) in [6.45, 7) is 7.08. The van der Waals surface area contributed by atoms with Crippen molar-refractivity contribution in [2.75, 3.05) is 38.6 Å². The quantitative estimate of drug-likeness (QED) is 0.783. The van der Waals surface area contributed by atoms with E-state index in [1.807, 2.05) is 6.07 Å². The number of pyridine rings is 1. The topological polar surface area (TPSA) is 48.5 Å². The number of carbonyl (C=O) groups is 1. The number of carbonyl (C=O) groups excluding carboxylic acids is 1. The van der Waals surface area contributed by atoms with Gasteiger partial charge in [-0.15, -0.1) is 0 Å². The minimum absolute atomic E-state index is 0.0958. The van der Waals surface area contributed by atoms with Crippen LogP contribution in [0.1, 0.15) is 25.8 Å². The molecular formula is C15H26N4O. The smallest absolute Gasteiger partial charge is 0.241 e. The number of likely N-dealkylation sites (N-methyl/N-ethyl adjacent to an activating group) is 1. The van der Waals surface area contributed by atoms with Crippen LogP contribution in [0.3, 0.4) is 0 Å². The summed E-state index contributed by atoms with van der Waals surface area (Å²) in [7, 11) is 3.56. The van der Waals surface area contributed by atoms with E-state index in [9.17, 15) is 4.79 Å². The van der Waals surface area contributed by atoms with E-state index in [2.05, 4.69) is 35.1 Å². The number of aromatic nitrogens is 1. The van der Waals surface area contributed by atoms with Crippen LogP contribution in [0, 0.1) is 0 Å². The second kappa shape index (κ2) is 8.53. The lowest BCUT2D eigenvalue weighted by Crippen LogP contribution is -2.38. The highest BCUT2D eigenvalue weighted by Crippen LogP contribution is 2.17. The van der Waals surface area contributed by atoms with E-state index in [1.165, 1.54) is 0 Å². The molecule has 20 heavy (non-hydrogen) atoms. The highest BCUT2D eigenvalue weighted by atomic mass is 16.2. The lowest BCUT2D eigenvalue weighted by molar-refractivity contribution is -0.127. The molecule has 1 N–H and O–H groups in total. The molecule has 1 aromatic heterocycles. The fourth-order valence-corrected chi connectivity index (χ4v) is 1.95. The number of amides is 1. The molecule has 0 bridgehead atoms. The van der Waals surface area contributed by atoms with Crippen LogP contribution >= 0.6 is 0 Å². The second-order valence-electron chi connectivity index (χ2n) is 4.98. The second-order valence-corrected chi connectivity index (χ2v) is 4.98. The number of hydrogen-bond acceptors (Lipinski definition) is 4. The van der Waals surface area contributed by atoms with Crippen molar-refractivity contribution in [1.82, 2.24) is 15.2 Å². The Kier molecular flexibility index (Phi) is 7.01. The van der Waals surface area contributed by atoms with E-state index in [0.29, 0.717) is 6.54 Å². The number of hydrogen-bond donors (Lipinski definition) is 1. The molecule has 0 aliphatic heterocycles. The molecule has 0 spiro atoms. The Morgan fingerprint density at radius 2 is 2.10 bits per heavy atom. The van der Waals surface area contributed by atoms with Gasteiger partial charge in [-0.3, -0.25) is 4.79 Å². The average molecular weight is 278 g/mol. The number of nitrogens with zero attached hydrogens (tertiary/aromatic N) is 3. The Morgan fingerprint density at radius 3 is 2.70 bits per heavy atom. The Balaban J connectivity index is 2.92. The van der Waals surface area contributed by atoms with Crippen LogP contribution in [-0.2, 0) is 11.3 Å². The first-order valence-corrected chi connectivity index (χ1v) is 7.19. The molecule has 0 radical (unpaired) electrons. The molecular weight excluding hydrogens is 252 g/mol. The number of anilines is 1. The van der Waals surface area contributed by atoms with Crippen molar-refractivity contribution in [2.24, 2.45) is 0 Å². The van der Waals surface area contributed by atoms with Crippen molar-refractivity contribution >= 4 is 11.7 Å². The van der Waals surface area contributed by atoms with E-state index in [0.717, 1.165) is 37.4 Å². The molecule has 1 amide bonds. The molecule has 0 saturated carbocycles. The number of nitrogens with one attached hydrogen (secondary N) is 1. The first-order valence-electron chi connectivity index (χ1n) is 7.19. The zero-order valence-electron chi connectivity index (χ0n) is 13.0. The molecule has 0 aliphatic carbocycles. The summed E-state index contributed by atoms with van der Waals surface area (Å²) in [5.74, 6) is 1.00. The summed E-state index contributed by atoms with van der Waals surface area (Å²) in [6, 6.07) is 4.00. The van der Waals surface area contributed by atoms with Crippen LogP contribution in [0.25, 0.3) is 0 Å². The van der Waals surface area contributed by atoms with Gasteiger partial charge in [0.25, 0.3) is 0 Å². The standard InChI is InChI=1S/C15H26N4O/c1-5-10-19(12-14(20)18(3)4)15-13(11-16-6-2)8-7-9-17-15/h7-9,16H,5-6,10-12H2,1-4H3. The summed E-state index contributed by atoms with van der Waals surface area (Å²) in [5, 5.41) is 3.32. The highest BCUT2D eigenvalue weighted by molar-refractivity contribution is 5.80. The van der Waals surface area contributed by atoms with Crippen LogP contribution in [-0.4, -0.2) is 49.5 Å². The fraction of sp³-hybridized carbons (Fsp3) is 0.600. The Morgan fingerprint density at radius 1 is 1.35 bits per heavy atom. The van der Waals surface area contributed by atoms with Gasteiger partial charge < -0.3 is 15.1 Å². The predicted molar refractivity (Wildman–Crippen MR) is 82.8 cm³/mol. The lowest BCUT2D eigenvalue weighted by Gasteiger charge is -2.26. The largest absolute Gasteiger partial charge is 0.347 e. The van der Waals surface area contributed by atoms with Crippen LogP contribution in [0.15, 0.2) is 18.3 Å². The maximum Gasteiger partial charge on any atom is 0.241 e. The van der Waals surface area contributed by atoms with Gasteiger partial charge in [0.05, 0.1) is 6.54 Å². The van der Waals surface area contributed by atoms with Crippen LogP contribution in [0.4, 0.5) is 5.82 Å². The molecule has 5 nitrogen and oxygen atoms in total. The molecule has 0 atom stereocenters. The van der Waals surface area contributed by atoms with Gasteiger partial charge in [-0.25, -0.2) is 4.98 Å². The van der Waals surface area contributed by atoms with Crippen molar-refractivity contribution < 1.29 is 4.79 Å². The number of rotatable bonds is 8. The third-order valence-corrected chi connectivity index (χ3v) is 3.05. The van der Waals surface area contributed by atoms with Gasteiger partial charge in [-0.1, -0.05) is 19.9 Å². The van der Waals surface area contributed by atoms with E-state index < -0.39 is 0 Å². The zero-order chi connectivity index (χ0) is 15.0. The third-order valence-electron chi connectivity index (χ3n) is 3.05. The van der Waals surface area contributed by atoms with Gasteiger partial charge in [0, 0.05) is 38.9 Å². The summed E-state index contributed by atoms with van der Waals surface area (Å²) < 4.78 is 0. The molecule has 1 heterocycles. The van der Waals surface area contributed by atoms with Gasteiger partial charge in [-0.2, -0.15) is 0 Å². The average Bonchev–Trinajstić information content (AvgIpc) is 2.44. The van der Waals surface area contributed by atoms with Crippen LogP contribution in [0.5, 0.6) is 0 Å². The first-order chi connectivity index (χ1) is 9.60. The summed E-state index contributed by atoms with van der Waals surface area (Å²) in [6.07, 6.45) is 2.77. The Bertz CT molecular complexity index is 420. The van der Waals surface area contributed by atoms with Crippen LogP contribution < -0.4 is 10.2 Å². The molecule has 0 aromatic carbocycles. The van der Waals surface area contributed by atoms with Crippen molar-refractivity contribution in [3.8, 4) is 0 Å². The fourth-order valence-electron chi connectivity index (χ4n) is 1.95. The molecule has 0 unspecified atom stereocenters. The van der Waals surface area contributed by atoms with E-state index >= 15 is 0 Å². The molecule has 0 fully saturated rings. The molecule has 112 valence electrons. The molecule has 1 aromatic rings. The maximum atomic E-state index is 12.0. The van der Waals surface area contributed by atoms with Gasteiger partial charge in [0.15, 0.2) is 0 Å². The van der Waals surface area contributed by atoms with Gasteiger partial charge in [0.2, 0.25) is 5.91 Å². The van der Waals surface area contributed by atoms with Gasteiger partial charge in [0.1, 0.15) is 5.82 Å². The lowest BCUT2D eigenvalue weighted by atomic mass is 10.2. The van der Waals surface area contributed by atoms with E-state index in [-0.39, 0.29) is 5.91 Å². The van der Waals surface area contributed by atoms with Crippen molar-refractivity contribution in [2.45, 2.75) is 26.8 Å². The predicted octanol–water partition coefficient (Wildman–Crippen LogP) is 1.50. The Hall–Kier alpha value is -1.62. The minimum Gasteiger partial charge on any atom is -0.347 e. The highest BCUT2D eigenvalue weighted by Gasteiger charge is 2.16. The van der Waals surface area contributed by atoms with Crippen molar-refractivity contribution in [1.29, 1.82) is 0 Å². The molecule has 5 heteroatoms. The normalized spacial score (nSPS) is 10.4. The summed E-state index contributed by atoms with van der Waals surface area (Å²) in [5.41, 5.74) is 1.13. The van der Waals surface area contributed by atoms with Crippen LogP contribution in [0.2, 0.25) is 0 Å². The summed E-state index contributed by atoms with van der Waals surface area (Å²) in [4.78, 5) is 20.1. The van der Waals surface area contributed by atoms with Gasteiger partial charge in [-0.05, 0) is 19.0 Å².